The Labute approximate surface area is 166 Å². The fraction of sp³-hybridized carbons (Fsp3) is 0.400. The van der Waals surface area contributed by atoms with Crippen molar-refractivity contribution in [2.75, 3.05) is 6.61 Å². The quantitative estimate of drug-likeness (QED) is 0.629. The summed E-state index contributed by atoms with van der Waals surface area (Å²) in [5.74, 6) is 0.127. The molecule has 0 saturated carbocycles. The third kappa shape index (κ3) is 4.09. The molecule has 1 aromatic heterocycles. The number of halogens is 4. The molecule has 8 heteroatoms. The second-order valence-corrected chi connectivity index (χ2v) is 7.55. The van der Waals surface area contributed by atoms with Gasteiger partial charge in [-0.2, -0.15) is 13.2 Å². The lowest BCUT2D eigenvalue weighted by Crippen LogP contribution is -2.30. The van der Waals surface area contributed by atoms with Gasteiger partial charge in [0.25, 0.3) is 0 Å². The first-order valence-electron chi connectivity index (χ1n) is 8.88. The van der Waals surface area contributed by atoms with Gasteiger partial charge in [0, 0.05) is 11.3 Å². The Morgan fingerprint density at radius 1 is 1.29 bits per heavy atom. The number of carbonyl (C=O) groups is 1. The molecule has 2 heterocycles. The lowest BCUT2D eigenvalue weighted by Gasteiger charge is -2.21. The summed E-state index contributed by atoms with van der Waals surface area (Å²) >= 11 is 6.32. The Morgan fingerprint density at radius 2 is 2.00 bits per heavy atom. The molecule has 1 saturated heterocycles. The van der Waals surface area contributed by atoms with E-state index in [0.29, 0.717) is 21.8 Å². The second-order valence-electron chi connectivity index (χ2n) is 7.14. The van der Waals surface area contributed by atoms with Crippen molar-refractivity contribution in [1.29, 1.82) is 0 Å². The topological polar surface area (TPSA) is 42.4 Å². The highest BCUT2D eigenvalue weighted by Crippen LogP contribution is 2.36. The molecule has 0 radical (unpaired) electrons. The Morgan fingerprint density at radius 3 is 2.57 bits per heavy atom. The monoisotopic (exact) mass is 412 g/mol. The standard InChI is InChI=1S/C20H20ClF3N2O2/c1-11(2)17-7-6-16(21)18(25-17)15-5-4-14(20(22,23)24)8-13(15)9-26-12(3)10-28-19(26)27/h4-8,11-12H,9-10H2,1-3H3. The molecular weight excluding hydrogens is 393 g/mol. The van der Waals surface area contributed by atoms with Crippen molar-refractivity contribution < 1.29 is 22.7 Å². The van der Waals surface area contributed by atoms with Crippen LogP contribution in [0.15, 0.2) is 30.3 Å². The van der Waals surface area contributed by atoms with Crippen molar-refractivity contribution in [3.8, 4) is 11.3 Å². The van der Waals surface area contributed by atoms with Crippen molar-refractivity contribution >= 4 is 17.7 Å². The summed E-state index contributed by atoms with van der Waals surface area (Å²) in [7, 11) is 0. The zero-order chi connectivity index (χ0) is 20.6. The largest absolute Gasteiger partial charge is 0.447 e. The van der Waals surface area contributed by atoms with Crippen LogP contribution in [0.1, 0.15) is 43.5 Å². The number of aromatic nitrogens is 1. The van der Waals surface area contributed by atoms with E-state index >= 15 is 0 Å². The highest BCUT2D eigenvalue weighted by Gasteiger charge is 2.34. The predicted octanol–water partition coefficient (Wildman–Crippen LogP) is 5.88. The molecule has 28 heavy (non-hydrogen) atoms. The summed E-state index contributed by atoms with van der Waals surface area (Å²) < 4.78 is 44.8. The molecular formula is C20H20ClF3N2O2. The number of benzene rings is 1. The first-order valence-corrected chi connectivity index (χ1v) is 9.26. The van der Waals surface area contributed by atoms with Crippen LogP contribution in [-0.4, -0.2) is 28.6 Å². The maximum Gasteiger partial charge on any atom is 0.416 e. The maximum atomic E-state index is 13.3. The van der Waals surface area contributed by atoms with Gasteiger partial charge in [0.05, 0.1) is 28.9 Å². The fourth-order valence-corrected chi connectivity index (χ4v) is 3.26. The molecule has 1 unspecified atom stereocenters. The molecule has 3 rings (SSSR count). The van der Waals surface area contributed by atoms with Crippen LogP contribution in [0.25, 0.3) is 11.3 Å². The summed E-state index contributed by atoms with van der Waals surface area (Å²) in [6.07, 6.45) is -5.05. The molecule has 0 spiro atoms. The molecule has 0 N–H and O–H groups in total. The van der Waals surface area contributed by atoms with Crippen LogP contribution in [0.4, 0.5) is 18.0 Å². The zero-order valence-electron chi connectivity index (χ0n) is 15.7. The van der Waals surface area contributed by atoms with Crippen LogP contribution in [0.2, 0.25) is 5.02 Å². The van der Waals surface area contributed by atoms with E-state index in [2.05, 4.69) is 4.98 Å². The highest BCUT2D eigenvalue weighted by atomic mass is 35.5. The van der Waals surface area contributed by atoms with Gasteiger partial charge in [-0.25, -0.2) is 4.79 Å². The zero-order valence-corrected chi connectivity index (χ0v) is 16.4. The molecule has 1 aliphatic heterocycles. The van der Waals surface area contributed by atoms with Crippen LogP contribution >= 0.6 is 11.6 Å². The van der Waals surface area contributed by atoms with Gasteiger partial charge in [-0.1, -0.05) is 31.5 Å². The van der Waals surface area contributed by atoms with E-state index in [1.807, 2.05) is 13.8 Å². The first-order chi connectivity index (χ1) is 13.1. The van der Waals surface area contributed by atoms with E-state index in [4.69, 9.17) is 16.3 Å². The second kappa shape index (κ2) is 7.62. The minimum Gasteiger partial charge on any atom is -0.447 e. The summed E-state index contributed by atoms with van der Waals surface area (Å²) in [4.78, 5) is 17.9. The number of carbonyl (C=O) groups excluding carboxylic acids is 1. The van der Waals surface area contributed by atoms with E-state index in [9.17, 15) is 18.0 Å². The number of alkyl halides is 3. The van der Waals surface area contributed by atoms with Gasteiger partial charge in [0.2, 0.25) is 0 Å². The van der Waals surface area contributed by atoms with Crippen LogP contribution in [-0.2, 0) is 17.5 Å². The van der Waals surface area contributed by atoms with Crippen molar-refractivity contribution in [2.24, 2.45) is 0 Å². The lowest BCUT2D eigenvalue weighted by molar-refractivity contribution is -0.137. The van der Waals surface area contributed by atoms with Gasteiger partial charge in [0.1, 0.15) is 6.61 Å². The van der Waals surface area contributed by atoms with Crippen LogP contribution in [0.5, 0.6) is 0 Å². The van der Waals surface area contributed by atoms with Gasteiger partial charge in [0.15, 0.2) is 0 Å². The molecule has 1 aliphatic rings. The van der Waals surface area contributed by atoms with Crippen LogP contribution in [0, 0.1) is 0 Å². The Bertz CT molecular complexity index is 900. The summed E-state index contributed by atoms with van der Waals surface area (Å²) in [6, 6.07) is 6.66. The average Bonchev–Trinajstić information content (AvgIpc) is 2.93. The molecule has 0 bridgehead atoms. The van der Waals surface area contributed by atoms with Crippen LogP contribution < -0.4 is 0 Å². The molecule has 0 aliphatic carbocycles. The number of hydrogen-bond acceptors (Lipinski definition) is 3. The SMILES string of the molecule is CC(C)c1ccc(Cl)c(-c2ccc(C(F)(F)F)cc2CN2C(=O)OCC2C)n1. The third-order valence-corrected chi connectivity index (χ3v) is 5.01. The number of amides is 1. The minimum atomic E-state index is -4.50. The molecule has 4 nitrogen and oxygen atoms in total. The summed E-state index contributed by atoms with van der Waals surface area (Å²) in [5, 5.41) is 0.336. The van der Waals surface area contributed by atoms with Crippen molar-refractivity contribution in [3.63, 3.8) is 0 Å². The predicted molar refractivity (Wildman–Crippen MR) is 100 cm³/mol. The normalized spacial score (nSPS) is 17.4. The first kappa shape index (κ1) is 20.5. The summed E-state index contributed by atoms with van der Waals surface area (Å²) in [6.45, 7) is 5.89. The van der Waals surface area contributed by atoms with Gasteiger partial charge < -0.3 is 4.74 Å². The van der Waals surface area contributed by atoms with Gasteiger partial charge in [-0.05, 0) is 42.7 Å². The van der Waals surface area contributed by atoms with E-state index < -0.39 is 17.8 Å². The number of pyridine rings is 1. The molecule has 1 amide bonds. The van der Waals surface area contributed by atoms with Crippen molar-refractivity contribution in [2.45, 2.75) is 45.5 Å². The lowest BCUT2D eigenvalue weighted by atomic mass is 9.98. The molecule has 1 aromatic carbocycles. The molecule has 1 fully saturated rings. The Hall–Kier alpha value is -2.28. The van der Waals surface area contributed by atoms with Crippen LogP contribution in [0.3, 0.4) is 0 Å². The Balaban J connectivity index is 2.13. The number of ether oxygens (including phenoxy) is 1. The summed E-state index contributed by atoms with van der Waals surface area (Å²) in [5.41, 5.74) is 1.17. The van der Waals surface area contributed by atoms with Gasteiger partial charge >= 0.3 is 12.3 Å². The fourth-order valence-electron chi connectivity index (χ4n) is 3.05. The molecule has 2 aromatic rings. The number of rotatable bonds is 4. The maximum absolute atomic E-state index is 13.3. The number of nitrogens with zero attached hydrogens (tertiary/aromatic N) is 2. The molecule has 1 atom stereocenters. The van der Waals surface area contributed by atoms with Gasteiger partial charge in [-0.15, -0.1) is 0 Å². The number of cyclic esters (lactones) is 1. The average molecular weight is 413 g/mol. The van der Waals surface area contributed by atoms with Crippen molar-refractivity contribution in [3.05, 3.63) is 52.2 Å². The molecule has 150 valence electrons. The van der Waals surface area contributed by atoms with E-state index in [1.54, 1.807) is 19.1 Å². The highest BCUT2D eigenvalue weighted by molar-refractivity contribution is 6.33. The van der Waals surface area contributed by atoms with Crippen molar-refractivity contribution in [1.82, 2.24) is 9.88 Å². The third-order valence-electron chi connectivity index (χ3n) is 4.70. The van der Waals surface area contributed by atoms with Gasteiger partial charge in [-0.3, -0.25) is 9.88 Å². The van der Waals surface area contributed by atoms with E-state index in [-0.39, 0.29) is 25.1 Å². The smallest absolute Gasteiger partial charge is 0.416 e. The minimum absolute atomic E-state index is 0.0246. The van der Waals surface area contributed by atoms with E-state index in [1.165, 1.54) is 11.0 Å². The Kier molecular flexibility index (Phi) is 5.57. The number of hydrogen-bond donors (Lipinski definition) is 0. The van der Waals surface area contributed by atoms with E-state index in [0.717, 1.165) is 17.8 Å².